The number of sulfone groups is 1. The summed E-state index contributed by atoms with van der Waals surface area (Å²) in [6.45, 7) is 1.86. The van der Waals surface area contributed by atoms with Crippen LogP contribution >= 0.6 is 11.8 Å². The summed E-state index contributed by atoms with van der Waals surface area (Å²) >= 11 is 1.25. The van der Waals surface area contributed by atoms with E-state index in [-0.39, 0.29) is 5.75 Å². The van der Waals surface area contributed by atoms with Crippen molar-refractivity contribution in [1.82, 2.24) is 0 Å². The average Bonchev–Trinajstić information content (AvgIpc) is 2.35. The first-order chi connectivity index (χ1) is 8.60. The molecule has 0 fully saturated rings. The second-order valence-electron chi connectivity index (χ2n) is 4.01. The molecule has 0 heterocycles. The molecule has 3 nitrogen and oxygen atoms in total. The largest absolute Gasteiger partial charge is 0.224 e. The van der Waals surface area contributed by atoms with Crippen molar-refractivity contribution in [2.45, 2.75) is 31.1 Å². The lowest BCUT2D eigenvalue weighted by molar-refractivity contribution is 0.594. The third kappa shape index (κ3) is 4.71. The van der Waals surface area contributed by atoms with Crippen LogP contribution < -0.4 is 0 Å². The number of thioether (sulfide) groups is 1. The quantitative estimate of drug-likeness (QED) is 0.570. The highest BCUT2D eigenvalue weighted by atomic mass is 32.2. The first-order valence-electron chi connectivity index (χ1n) is 5.92. The lowest BCUT2D eigenvalue weighted by Gasteiger charge is -2.04. The molecule has 0 aliphatic heterocycles. The molecule has 0 saturated carbocycles. The van der Waals surface area contributed by atoms with E-state index in [2.05, 4.69) is 0 Å². The maximum absolute atomic E-state index is 11.8. The van der Waals surface area contributed by atoms with Gasteiger partial charge < -0.3 is 0 Å². The van der Waals surface area contributed by atoms with Crippen molar-refractivity contribution in [3.05, 3.63) is 29.8 Å². The van der Waals surface area contributed by atoms with Gasteiger partial charge in [-0.05, 0) is 48.7 Å². The van der Waals surface area contributed by atoms with Gasteiger partial charge in [-0.2, -0.15) is 5.26 Å². The molecule has 0 N–H and O–H groups in total. The Labute approximate surface area is 113 Å². The van der Waals surface area contributed by atoms with Crippen LogP contribution in [-0.4, -0.2) is 19.9 Å². The van der Waals surface area contributed by atoms with Crippen LogP contribution in [0.1, 0.15) is 25.3 Å². The Bertz CT molecular complexity index is 501. The summed E-state index contributed by atoms with van der Waals surface area (Å²) in [6.07, 6.45) is 2.44. The van der Waals surface area contributed by atoms with Crippen molar-refractivity contribution in [3.63, 3.8) is 0 Å². The summed E-state index contributed by atoms with van der Waals surface area (Å²) in [5, 5.41) is 10.4. The van der Waals surface area contributed by atoms with E-state index in [0.29, 0.717) is 11.3 Å². The minimum absolute atomic E-state index is 0.200. The Morgan fingerprint density at radius 2 is 1.94 bits per heavy atom. The Balaban J connectivity index is 2.61. The van der Waals surface area contributed by atoms with Gasteiger partial charge in [0.05, 0.1) is 10.6 Å². The molecule has 1 rings (SSSR count). The predicted molar refractivity (Wildman–Crippen MR) is 75.2 cm³/mol. The zero-order valence-electron chi connectivity index (χ0n) is 10.4. The molecule has 5 heteroatoms. The van der Waals surface area contributed by atoms with Gasteiger partial charge in [0.2, 0.25) is 0 Å². The lowest BCUT2D eigenvalue weighted by atomic mass is 10.1. The van der Waals surface area contributed by atoms with Crippen molar-refractivity contribution in [3.8, 4) is 5.40 Å². The van der Waals surface area contributed by atoms with Crippen molar-refractivity contribution < 1.29 is 8.42 Å². The summed E-state index contributed by atoms with van der Waals surface area (Å²) < 4.78 is 23.6. The predicted octanol–water partition coefficient (Wildman–Crippen LogP) is 3.02. The molecular formula is C13H17NO2S2. The molecule has 0 saturated heterocycles. The number of aryl methyl sites for hydroxylation is 1. The molecule has 98 valence electrons. The van der Waals surface area contributed by atoms with Crippen molar-refractivity contribution >= 4 is 21.6 Å². The second-order valence-corrected chi connectivity index (χ2v) is 6.99. The van der Waals surface area contributed by atoms with E-state index in [1.165, 1.54) is 11.8 Å². The molecule has 1 aromatic carbocycles. The third-order valence-electron chi connectivity index (χ3n) is 2.53. The van der Waals surface area contributed by atoms with Gasteiger partial charge in [-0.15, -0.1) is 0 Å². The highest BCUT2D eigenvalue weighted by molar-refractivity contribution is 8.03. The van der Waals surface area contributed by atoms with Gasteiger partial charge >= 0.3 is 0 Å². The first-order valence-corrected chi connectivity index (χ1v) is 8.56. The van der Waals surface area contributed by atoms with E-state index in [1.54, 1.807) is 12.1 Å². The summed E-state index contributed by atoms with van der Waals surface area (Å²) in [7, 11) is -3.10. The topological polar surface area (TPSA) is 57.9 Å². The van der Waals surface area contributed by atoms with Crippen LogP contribution in [0.15, 0.2) is 29.2 Å². The standard InChI is InChI=1S/C13H17NO2S2/c1-2-10-18(15,16)13-7-5-12(6-8-13)4-3-9-17-11-14/h5-8H,2-4,9-10H2,1H3. The van der Waals surface area contributed by atoms with Gasteiger partial charge in [0, 0.05) is 5.75 Å². The lowest BCUT2D eigenvalue weighted by Crippen LogP contribution is -2.05. The number of nitrogens with zero attached hydrogens (tertiary/aromatic N) is 1. The summed E-state index contributed by atoms with van der Waals surface area (Å²) in [4.78, 5) is 0.402. The minimum Gasteiger partial charge on any atom is -0.224 e. The van der Waals surface area contributed by atoms with Gasteiger partial charge in [-0.25, -0.2) is 8.42 Å². The minimum atomic E-state index is -3.10. The molecule has 0 amide bonds. The number of nitriles is 1. The molecular weight excluding hydrogens is 266 g/mol. The molecule has 0 aromatic heterocycles. The van der Waals surface area contributed by atoms with Crippen LogP contribution in [0.4, 0.5) is 0 Å². The highest BCUT2D eigenvalue weighted by Crippen LogP contribution is 2.15. The fourth-order valence-corrected chi connectivity index (χ4v) is 3.35. The smallest absolute Gasteiger partial charge is 0.178 e. The molecule has 0 spiro atoms. The molecule has 1 aromatic rings. The van der Waals surface area contributed by atoms with Gasteiger partial charge in [0.1, 0.15) is 5.40 Å². The van der Waals surface area contributed by atoms with Gasteiger partial charge in [0.25, 0.3) is 0 Å². The normalized spacial score (nSPS) is 11.1. The van der Waals surface area contributed by atoms with E-state index >= 15 is 0 Å². The summed E-state index contributed by atoms with van der Waals surface area (Å²) in [6, 6.07) is 7.08. The average molecular weight is 283 g/mol. The molecule has 0 aliphatic rings. The molecule has 0 unspecified atom stereocenters. The second kappa shape index (κ2) is 7.45. The van der Waals surface area contributed by atoms with E-state index < -0.39 is 9.84 Å². The molecule has 0 bridgehead atoms. The van der Waals surface area contributed by atoms with Crippen LogP contribution in [0, 0.1) is 10.7 Å². The Morgan fingerprint density at radius 1 is 1.28 bits per heavy atom. The highest BCUT2D eigenvalue weighted by Gasteiger charge is 2.12. The number of benzene rings is 1. The molecule has 0 radical (unpaired) electrons. The van der Waals surface area contributed by atoms with Crippen molar-refractivity contribution in [2.24, 2.45) is 0 Å². The Kier molecular flexibility index (Phi) is 6.23. The SMILES string of the molecule is CCCS(=O)(=O)c1ccc(CCCSC#N)cc1. The maximum atomic E-state index is 11.8. The molecule has 0 aliphatic carbocycles. The molecule has 18 heavy (non-hydrogen) atoms. The van der Waals surface area contributed by atoms with Crippen LogP contribution in [0.25, 0.3) is 0 Å². The third-order valence-corrected chi connectivity index (χ3v) is 5.09. The van der Waals surface area contributed by atoms with E-state index in [1.807, 2.05) is 24.5 Å². The van der Waals surface area contributed by atoms with Crippen LogP contribution in [0.5, 0.6) is 0 Å². The van der Waals surface area contributed by atoms with Gasteiger partial charge in [0.15, 0.2) is 9.84 Å². The zero-order valence-corrected chi connectivity index (χ0v) is 12.1. The Hall–Kier alpha value is -0.990. The molecule has 0 atom stereocenters. The van der Waals surface area contributed by atoms with Crippen LogP contribution in [-0.2, 0) is 16.3 Å². The number of thiocyanates is 1. The number of hydrogen-bond acceptors (Lipinski definition) is 4. The maximum Gasteiger partial charge on any atom is 0.178 e. The fourth-order valence-electron chi connectivity index (χ4n) is 1.64. The van der Waals surface area contributed by atoms with Crippen LogP contribution in [0.2, 0.25) is 0 Å². The Morgan fingerprint density at radius 3 is 2.50 bits per heavy atom. The van der Waals surface area contributed by atoms with E-state index in [9.17, 15) is 8.42 Å². The van der Waals surface area contributed by atoms with Crippen molar-refractivity contribution in [1.29, 1.82) is 5.26 Å². The monoisotopic (exact) mass is 283 g/mol. The number of hydrogen-bond donors (Lipinski definition) is 0. The van der Waals surface area contributed by atoms with Gasteiger partial charge in [-0.3, -0.25) is 0 Å². The number of rotatable bonds is 7. The van der Waals surface area contributed by atoms with E-state index in [4.69, 9.17) is 5.26 Å². The fraction of sp³-hybridized carbons (Fsp3) is 0.462. The summed E-state index contributed by atoms with van der Waals surface area (Å²) in [5.41, 5.74) is 1.11. The zero-order chi connectivity index (χ0) is 13.4. The summed E-state index contributed by atoms with van der Waals surface area (Å²) in [5.74, 6) is 1.01. The van der Waals surface area contributed by atoms with E-state index in [0.717, 1.165) is 24.2 Å². The van der Waals surface area contributed by atoms with Crippen molar-refractivity contribution in [2.75, 3.05) is 11.5 Å². The first kappa shape index (κ1) is 15.1. The van der Waals surface area contributed by atoms with Gasteiger partial charge in [-0.1, -0.05) is 19.1 Å². The van der Waals surface area contributed by atoms with Crippen LogP contribution in [0.3, 0.4) is 0 Å².